The average Bonchev–Trinajstić information content (AvgIpc) is 2.16. The highest BCUT2D eigenvalue weighted by Gasteiger charge is 2.08. The van der Waals surface area contributed by atoms with Crippen molar-refractivity contribution in [3.8, 4) is 12.0 Å². The molecule has 0 amide bonds. The Balaban J connectivity index is 2.81. The molecule has 0 radical (unpaired) electrons. The van der Waals surface area contributed by atoms with Gasteiger partial charge < -0.3 is 15.2 Å². The highest BCUT2D eigenvalue weighted by molar-refractivity contribution is 5.20. The molecule has 0 bridgehead atoms. The zero-order chi connectivity index (χ0) is 10.6. The van der Waals surface area contributed by atoms with Gasteiger partial charge in [0.05, 0.1) is 13.2 Å². The molecule has 0 aliphatic carbocycles. The number of methoxy groups -OCH3 is 1. The lowest BCUT2D eigenvalue weighted by Crippen LogP contribution is -2.13. The first kappa shape index (κ1) is 10.5. The summed E-state index contributed by atoms with van der Waals surface area (Å²) in [6.45, 7) is 3.93. The van der Waals surface area contributed by atoms with Gasteiger partial charge in [-0.3, -0.25) is 0 Å². The van der Waals surface area contributed by atoms with Gasteiger partial charge in [-0.1, -0.05) is 6.92 Å². The molecular formula is C8H14N4O2. The molecule has 1 aromatic heterocycles. The van der Waals surface area contributed by atoms with Crippen molar-refractivity contribution < 1.29 is 9.47 Å². The Morgan fingerprint density at radius 2 is 1.93 bits per heavy atom. The smallest absolute Gasteiger partial charge is 0.324 e. The van der Waals surface area contributed by atoms with E-state index >= 15 is 0 Å². The Labute approximate surface area is 82.5 Å². The zero-order valence-electron chi connectivity index (χ0n) is 8.52. The molecule has 0 fully saturated rings. The number of hydrogen-bond donors (Lipinski definition) is 1. The van der Waals surface area contributed by atoms with E-state index in [0.29, 0.717) is 0 Å². The van der Waals surface area contributed by atoms with E-state index in [1.807, 2.05) is 13.8 Å². The van der Waals surface area contributed by atoms with Crippen molar-refractivity contribution in [1.82, 2.24) is 15.0 Å². The minimum Gasteiger partial charge on any atom is -0.467 e. The molecular weight excluding hydrogens is 184 g/mol. The lowest BCUT2D eigenvalue weighted by atomic mass is 10.3. The summed E-state index contributed by atoms with van der Waals surface area (Å²) in [5.74, 6) is 0.0927. The largest absolute Gasteiger partial charge is 0.467 e. The second kappa shape index (κ2) is 4.59. The number of hydrogen-bond acceptors (Lipinski definition) is 6. The molecule has 1 atom stereocenters. The van der Waals surface area contributed by atoms with Gasteiger partial charge in [0.15, 0.2) is 0 Å². The maximum atomic E-state index is 5.43. The summed E-state index contributed by atoms with van der Waals surface area (Å²) in [4.78, 5) is 11.5. The third kappa shape index (κ3) is 2.72. The van der Waals surface area contributed by atoms with Gasteiger partial charge in [-0.2, -0.15) is 9.97 Å². The van der Waals surface area contributed by atoms with Gasteiger partial charge in [0, 0.05) is 0 Å². The molecule has 0 aromatic carbocycles. The zero-order valence-corrected chi connectivity index (χ0v) is 8.52. The van der Waals surface area contributed by atoms with Crippen molar-refractivity contribution in [2.75, 3.05) is 12.8 Å². The molecule has 78 valence electrons. The lowest BCUT2D eigenvalue weighted by molar-refractivity contribution is 0.195. The van der Waals surface area contributed by atoms with Crippen molar-refractivity contribution in [2.45, 2.75) is 26.4 Å². The maximum Gasteiger partial charge on any atom is 0.324 e. The van der Waals surface area contributed by atoms with Crippen molar-refractivity contribution in [2.24, 2.45) is 0 Å². The van der Waals surface area contributed by atoms with Crippen molar-refractivity contribution >= 4 is 5.95 Å². The van der Waals surface area contributed by atoms with Crippen LogP contribution in [0.3, 0.4) is 0 Å². The minimum absolute atomic E-state index is 0.0431. The van der Waals surface area contributed by atoms with Gasteiger partial charge >= 0.3 is 12.0 Å². The van der Waals surface area contributed by atoms with E-state index in [4.69, 9.17) is 15.2 Å². The van der Waals surface area contributed by atoms with Crippen LogP contribution in [-0.2, 0) is 0 Å². The quantitative estimate of drug-likeness (QED) is 0.764. The molecule has 0 aliphatic heterocycles. The van der Waals surface area contributed by atoms with Crippen LogP contribution >= 0.6 is 0 Å². The molecule has 0 saturated carbocycles. The van der Waals surface area contributed by atoms with Gasteiger partial charge in [0.25, 0.3) is 0 Å². The van der Waals surface area contributed by atoms with Crippen LogP contribution in [0.25, 0.3) is 0 Å². The first-order valence-corrected chi connectivity index (χ1v) is 4.38. The van der Waals surface area contributed by atoms with Crippen LogP contribution in [0, 0.1) is 0 Å². The summed E-state index contributed by atoms with van der Waals surface area (Å²) in [6.07, 6.45) is 0.912. The average molecular weight is 198 g/mol. The summed E-state index contributed by atoms with van der Waals surface area (Å²) < 4.78 is 10.2. The van der Waals surface area contributed by atoms with Gasteiger partial charge in [-0.05, 0) is 13.3 Å². The van der Waals surface area contributed by atoms with E-state index in [1.54, 1.807) is 0 Å². The van der Waals surface area contributed by atoms with Crippen LogP contribution in [0.2, 0.25) is 0 Å². The normalized spacial score (nSPS) is 12.2. The fourth-order valence-electron chi connectivity index (χ4n) is 0.760. The number of ether oxygens (including phenoxy) is 2. The molecule has 0 saturated heterocycles. The second-order valence-corrected chi connectivity index (χ2v) is 2.80. The third-order valence-corrected chi connectivity index (χ3v) is 1.68. The predicted octanol–water partition coefficient (Wildman–Crippen LogP) is 0.640. The van der Waals surface area contributed by atoms with Gasteiger partial charge in [-0.15, -0.1) is 4.98 Å². The first-order valence-electron chi connectivity index (χ1n) is 4.38. The molecule has 14 heavy (non-hydrogen) atoms. The van der Waals surface area contributed by atoms with Crippen molar-refractivity contribution in [3.63, 3.8) is 0 Å². The summed E-state index contributed by atoms with van der Waals surface area (Å²) in [5.41, 5.74) is 5.43. The summed E-state index contributed by atoms with van der Waals surface area (Å²) in [7, 11) is 1.46. The monoisotopic (exact) mass is 198 g/mol. The molecule has 0 spiro atoms. The molecule has 1 aromatic rings. The number of nitrogens with two attached hydrogens (primary N) is 1. The molecule has 6 nitrogen and oxygen atoms in total. The number of aromatic nitrogens is 3. The summed E-state index contributed by atoms with van der Waals surface area (Å²) >= 11 is 0. The molecule has 2 N–H and O–H groups in total. The summed E-state index contributed by atoms with van der Waals surface area (Å²) in [6, 6.07) is 0.361. The van der Waals surface area contributed by atoms with E-state index < -0.39 is 0 Å². The molecule has 1 heterocycles. The third-order valence-electron chi connectivity index (χ3n) is 1.68. The van der Waals surface area contributed by atoms with Crippen LogP contribution < -0.4 is 15.2 Å². The fraction of sp³-hybridized carbons (Fsp3) is 0.625. The fourth-order valence-corrected chi connectivity index (χ4v) is 0.760. The predicted molar refractivity (Wildman–Crippen MR) is 51.2 cm³/mol. The van der Waals surface area contributed by atoms with Gasteiger partial charge in [0.1, 0.15) is 0 Å². The van der Waals surface area contributed by atoms with Crippen molar-refractivity contribution in [3.05, 3.63) is 0 Å². The van der Waals surface area contributed by atoms with Crippen LogP contribution in [0.5, 0.6) is 12.0 Å². The highest BCUT2D eigenvalue weighted by atomic mass is 16.5. The number of anilines is 1. The second-order valence-electron chi connectivity index (χ2n) is 2.80. The Bertz CT molecular complexity index is 305. The summed E-state index contributed by atoms with van der Waals surface area (Å²) in [5, 5.41) is 0. The van der Waals surface area contributed by atoms with Crippen LogP contribution in [-0.4, -0.2) is 28.2 Å². The molecule has 1 unspecified atom stereocenters. The molecule has 6 heteroatoms. The minimum atomic E-state index is 0.0431. The topological polar surface area (TPSA) is 83.2 Å². The van der Waals surface area contributed by atoms with Crippen LogP contribution in [0.4, 0.5) is 5.95 Å². The SMILES string of the molecule is CCC(C)Oc1nc(N)nc(OC)n1. The van der Waals surface area contributed by atoms with E-state index in [2.05, 4.69) is 15.0 Å². The maximum absolute atomic E-state index is 5.43. The van der Waals surface area contributed by atoms with E-state index in [9.17, 15) is 0 Å². The van der Waals surface area contributed by atoms with E-state index in [1.165, 1.54) is 7.11 Å². The molecule has 0 aliphatic rings. The Morgan fingerprint density at radius 1 is 1.29 bits per heavy atom. The van der Waals surface area contributed by atoms with E-state index in [-0.39, 0.29) is 24.1 Å². The van der Waals surface area contributed by atoms with Gasteiger partial charge in [0.2, 0.25) is 5.95 Å². The van der Waals surface area contributed by atoms with Gasteiger partial charge in [-0.25, -0.2) is 0 Å². The van der Waals surface area contributed by atoms with Crippen LogP contribution in [0.15, 0.2) is 0 Å². The number of nitrogen functional groups attached to an aromatic ring is 1. The Hall–Kier alpha value is -1.59. The molecule has 1 rings (SSSR count). The number of rotatable bonds is 4. The standard InChI is InChI=1S/C8H14N4O2/c1-4-5(2)14-8-11-6(9)10-7(12-8)13-3/h5H,4H2,1-3H3,(H2,9,10,11,12). The first-order chi connectivity index (χ1) is 6.65. The lowest BCUT2D eigenvalue weighted by Gasteiger charge is -2.10. The number of nitrogens with zero attached hydrogens (tertiary/aromatic N) is 3. The van der Waals surface area contributed by atoms with E-state index in [0.717, 1.165) is 6.42 Å². The Kier molecular flexibility index (Phi) is 3.44. The Morgan fingerprint density at radius 3 is 2.50 bits per heavy atom. The van der Waals surface area contributed by atoms with Crippen molar-refractivity contribution in [1.29, 1.82) is 0 Å². The highest BCUT2D eigenvalue weighted by Crippen LogP contribution is 2.12. The van der Waals surface area contributed by atoms with Crippen LogP contribution in [0.1, 0.15) is 20.3 Å².